The minimum Gasteiger partial charge on any atom is -0.454 e. The number of fused-ring (bicyclic) bond motifs is 1. The number of rotatable bonds is 3. The lowest BCUT2D eigenvalue weighted by molar-refractivity contribution is 0.102. The van der Waals surface area contributed by atoms with Gasteiger partial charge in [-0.2, -0.15) is 0 Å². The van der Waals surface area contributed by atoms with Gasteiger partial charge in [0.25, 0.3) is 5.91 Å². The number of carbonyl (C=O) groups is 1. The normalized spacial score (nSPS) is 11.4. The smallest absolute Gasteiger partial charge is 0.257 e. The monoisotopic (exact) mass is 440 g/mol. The third-order valence-corrected chi connectivity index (χ3v) is 4.82. The zero-order chi connectivity index (χ0) is 20.1. The minimum absolute atomic E-state index is 0.174. The number of hydrogen-bond donors (Lipinski definition) is 1. The lowest BCUT2D eigenvalue weighted by atomic mass is 10.1. The number of halogens is 1. The summed E-state index contributed by atoms with van der Waals surface area (Å²) in [5, 5.41) is 2.83. The van der Waals surface area contributed by atoms with E-state index in [4.69, 9.17) is 9.47 Å². The van der Waals surface area contributed by atoms with Crippen LogP contribution in [0.1, 0.15) is 29.8 Å². The molecule has 1 aromatic heterocycles. The van der Waals surface area contributed by atoms with Gasteiger partial charge in [0.05, 0.1) is 0 Å². The van der Waals surface area contributed by atoms with E-state index in [0.29, 0.717) is 17.1 Å². The molecule has 1 aliphatic heterocycles. The number of carbonyl (C=O) groups excluding carboxylic acids is 1. The summed E-state index contributed by atoms with van der Waals surface area (Å²) in [6.07, 6.45) is 1.72. The first kappa shape index (κ1) is 19.9. The Kier molecular flexibility index (Phi) is 6.31. The number of amides is 1. The Morgan fingerprint density at radius 2 is 1.79 bits per heavy atom. The topological polar surface area (TPSA) is 60.5 Å². The van der Waals surface area contributed by atoms with Gasteiger partial charge in [0.1, 0.15) is 5.82 Å². The average Bonchev–Trinajstić information content (AvgIpc) is 3.17. The van der Waals surface area contributed by atoms with E-state index in [-0.39, 0.29) is 12.7 Å². The zero-order valence-corrected chi connectivity index (χ0v) is 17.5. The third kappa shape index (κ3) is 4.17. The van der Waals surface area contributed by atoms with Crippen molar-refractivity contribution in [3.63, 3.8) is 0 Å². The summed E-state index contributed by atoms with van der Waals surface area (Å²) in [5.41, 5.74) is 3.41. The fourth-order valence-corrected chi connectivity index (χ4v) is 3.33. The standard InChI is InChI=1S/C20H15BrN2O3.C2H6/c1-12-4-2-3-5-14(12)20(24)23-19-7-6-13(10-22-19)15-8-17-18(9-16(15)21)26-11-25-17;1-2/h2-10H,11H2,1H3,(H,22,23,24);1-2H3. The van der Waals surface area contributed by atoms with Gasteiger partial charge >= 0.3 is 0 Å². The van der Waals surface area contributed by atoms with Gasteiger partial charge in [-0.1, -0.05) is 48.0 Å². The highest BCUT2D eigenvalue weighted by molar-refractivity contribution is 9.10. The van der Waals surface area contributed by atoms with Gasteiger partial charge in [-0.25, -0.2) is 4.98 Å². The van der Waals surface area contributed by atoms with Crippen LogP contribution >= 0.6 is 15.9 Å². The molecule has 3 aromatic rings. The van der Waals surface area contributed by atoms with Crippen LogP contribution in [0.4, 0.5) is 5.82 Å². The summed E-state index contributed by atoms with van der Waals surface area (Å²) < 4.78 is 11.7. The molecule has 144 valence electrons. The maximum atomic E-state index is 12.4. The Morgan fingerprint density at radius 3 is 2.46 bits per heavy atom. The lowest BCUT2D eigenvalue weighted by Gasteiger charge is -2.09. The first-order valence-electron chi connectivity index (χ1n) is 9.04. The number of anilines is 1. The third-order valence-electron chi connectivity index (χ3n) is 4.17. The quantitative estimate of drug-likeness (QED) is 0.556. The second-order valence-corrected chi connectivity index (χ2v) is 6.74. The van der Waals surface area contributed by atoms with Gasteiger partial charge in [0, 0.05) is 27.4 Å². The Morgan fingerprint density at radius 1 is 1.07 bits per heavy atom. The summed E-state index contributed by atoms with van der Waals surface area (Å²) in [4.78, 5) is 16.7. The van der Waals surface area contributed by atoms with E-state index in [1.807, 2.05) is 57.2 Å². The van der Waals surface area contributed by atoms with Gasteiger partial charge in [-0.05, 0) is 42.8 Å². The van der Waals surface area contributed by atoms with E-state index in [9.17, 15) is 4.79 Å². The van der Waals surface area contributed by atoms with E-state index in [0.717, 1.165) is 26.9 Å². The van der Waals surface area contributed by atoms with Crippen molar-refractivity contribution in [3.8, 4) is 22.6 Å². The Hall–Kier alpha value is -2.86. The van der Waals surface area contributed by atoms with Crippen LogP contribution < -0.4 is 14.8 Å². The number of hydrogen-bond acceptors (Lipinski definition) is 4. The van der Waals surface area contributed by atoms with Crippen molar-refractivity contribution in [2.24, 2.45) is 0 Å². The summed E-state index contributed by atoms with van der Waals surface area (Å²) in [6, 6.07) is 14.9. The van der Waals surface area contributed by atoms with Crippen molar-refractivity contribution < 1.29 is 14.3 Å². The highest BCUT2D eigenvalue weighted by atomic mass is 79.9. The molecule has 0 radical (unpaired) electrons. The second kappa shape index (κ2) is 8.89. The molecule has 4 rings (SSSR count). The van der Waals surface area contributed by atoms with Crippen LogP contribution in [-0.4, -0.2) is 17.7 Å². The molecule has 0 bridgehead atoms. The van der Waals surface area contributed by atoms with E-state index >= 15 is 0 Å². The highest BCUT2D eigenvalue weighted by Crippen LogP contribution is 2.40. The largest absolute Gasteiger partial charge is 0.454 e. The molecule has 1 amide bonds. The second-order valence-electron chi connectivity index (χ2n) is 5.89. The van der Waals surface area contributed by atoms with Crippen molar-refractivity contribution in [1.82, 2.24) is 4.98 Å². The van der Waals surface area contributed by atoms with Crippen molar-refractivity contribution in [1.29, 1.82) is 0 Å². The van der Waals surface area contributed by atoms with Gasteiger partial charge in [0.2, 0.25) is 6.79 Å². The van der Waals surface area contributed by atoms with Crippen LogP contribution in [0.15, 0.2) is 59.2 Å². The molecule has 28 heavy (non-hydrogen) atoms. The van der Waals surface area contributed by atoms with Crippen molar-refractivity contribution in [2.45, 2.75) is 20.8 Å². The summed E-state index contributed by atoms with van der Waals surface area (Å²) in [6.45, 7) is 6.13. The van der Waals surface area contributed by atoms with Crippen molar-refractivity contribution in [3.05, 3.63) is 70.3 Å². The van der Waals surface area contributed by atoms with Crippen molar-refractivity contribution in [2.75, 3.05) is 12.1 Å². The molecule has 0 saturated heterocycles. The maximum absolute atomic E-state index is 12.4. The minimum atomic E-state index is -0.174. The maximum Gasteiger partial charge on any atom is 0.257 e. The van der Waals surface area contributed by atoms with Crippen LogP contribution in [0.2, 0.25) is 0 Å². The first-order chi connectivity index (χ1) is 13.6. The van der Waals surface area contributed by atoms with Crippen LogP contribution in [-0.2, 0) is 0 Å². The summed E-state index contributed by atoms with van der Waals surface area (Å²) >= 11 is 3.55. The molecule has 1 aliphatic rings. The van der Waals surface area contributed by atoms with Gasteiger partial charge < -0.3 is 14.8 Å². The molecule has 1 N–H and O–H groups in total. The van der Waals surface area contributed by atoms with Gasteiger partial charge in [0.15, 0.2) is 11.5 Å². The molecule has 0 atom stereocenters. The zero-order valence-electron chi connectivity index (χ0n) is 16.0. The molecule has 0 unspecified atom stereocenters. The molecule has 6 heteroatoms. The Balaban J connectivity index is 0.00000109. The fraction of sp³-hybridized carbons (Fsp3) is 0.182. The number of pyridine rings is 1. The number of aromatic nitrogens is 1. The number of aryl methyl sites for hydroxylation is 1. The summed E-state index contributed by atoms with van der Waals surface area (Å²) in [7, 11) is 0. The van der Waals surface area contributed by atoms with E-state index in [1.54, 1.807) is 18.3 Å². The fourth-order valence-electron chi connectivity index (χ4n) is 2.78. The molecule has 5 nitrogen and oxygen atoms in total. The van der Waals surface area contributed by atoms with Gasteiger partial charge in [-0.15, -0.1) is 0 Å². The van der Waals surface area contributed by atoms with Crippen LogP contribution in [0.5, 0.6) is 11.5 Å². The molecular weight excluding hydrogens is 420 g/mol. The molecular formula is C22H21BrN2O3. The van der Waals surface area contributed by atoms with Gasteiger partial charge in [-0.3, -0.25) is 4.79 Å². The average molecular weight is 441 g/mol. The first-order valence-corrected chi connectivity index (χ1v) is 9.83. The van der Waals surface area contributed by atoms with Crippen LogP contribution in [0.3, 0.4) is 0 Å². The van der Waals surface area contributed by atoms with Crippen LogP contribution in [0.25, 0.3) is 11.1 Å². The number of benzene rings is 2. The molecule has 2 heterocycles. The Labute approximate surface area is 172 Å². The highest BCUT2D eigenvalue weighted by Gasteiger charge is 2.17. The van der Waals surface area contributed by atoms with E-state index in [1.165, 1.54) is 0 Å². The van der Waals surface area contributed by atoms with E-state index < -0.39 is 0 Å². The predicted octanol–water partition coefficient (Wildman–Crippen LogP) is 5.83. The van der Waals surface area contributed by atoms with Crippen LogP contribution in [0, 0.1) is 6.92 Å². The Bertz CT molecular complexity index is 988. The SMILES string of the molecule is CC.Cc1ccccc1C(=O)Nc1ccc(-c2cc3c(cc2Br)OCO3)cn1. The number of nitrogens with zero attached hydrogens (tertiary/aromatic N) is 1. The lowest BCUT2D eigenvalue weighted by Crippen LogP contribution is -2.14. The molecule has 0 saturated carbocycles. The molecule has 0 spiro atoms. The van der Waals surface area contributed by atoms with Crippen molar-refractivity contribution >= 4 is 27.7 Å². The molecule has 0 aliphatic carbocycles. The summed E-state index contributed by atoms with van der Waals surface area (Å²) in [5.74, 6) is 1.75. The molecule has 0 fully saturated rings. The molecule has 2 aromatic carbocycles. The van der Waals surface area contributed by atoms with E-state index in [2.05, 4.69) is 26.2 Å². The number of ether oxygens (including phenoxy) is 2. The number of nitrogens with one attached hydrogen (secondary N) is 1. The predicted molar refractivity (Wildman–Crippen MR) is 114 cm³/mol.